The molecule has 6 nitrogen and oxygen atoms in total. The zero-order valence-electron chi connectivity index (χ0n) is 12.2. The quantitative estimate of drug-likeness (QED) is 0.885. The predicted octanol–water partition coefficient (Wildman–Crippen LogP) is 2.07. The Balaban J connectivity index is 2.34. The SMILES string of the molecule is Cc1c(CO)cccc1S(=O)(=O)Nc1cnn(C(C)C)c1. The minimum absolute atomic E-state index is 0.155. The van der Waals surface area contributed by atoms with Crippen LogP contribution in [0.15, 0.2) is 35.5 Å². The Labute approximate surface area is 124 Å². The van der Waals surface area contributed by atoms with Gasteiger partial charge in [0.1, 0.15) is 0 Å². The van der Waals surface area contributed by atoms with E-state index in [0.717, 1.165) is 0 Å². The second-order valence-electron chi connectivity index (χ2n) is 5.11. The van der Waals surface area contributed by atoms with E-state index in [1.165, 1.54) is 12.3 Å². The Morgan fingerprint density at radius 3 is 2.67 bits per heavy atom. The van der Waals surface area contributed by atoms with Gasteiger partial charge in [-0.25, -0.2) is 8.42 Å². The van der Waals surface area contributed by atoms with Crippen LogP contribution in [0.3, 0.4) is 0 Å². The summed E-state index contributed by atoms with van der Waals surface area (Å²) in [5.41, 5.74) is 1.55. The number of benzene rings is 1. The Morgan fingerprint density at radius 2 is 2.10 bits per heavy atom. The van der Waals surface area contributed by atoms with E-state index in [1.807, 2.05) is 13.8 Å². The van der Waals surface area contributed by atoms with Crippen LogP contribution in [0.4, 0.5) is 5.69 Å². The third-order valence-corrected chi connectivity index (χ3v) is 4.76. The van der Waals surface area contributed by atoms with Gasteiger partial charge in [-0.2, -0.15) is 5.10 Å². The number of hydrogen-bond acceptors (Lipinski definition) is 4. The highest BCUT2D eigenvalue weighted by Crippen LogP contribution is 2.22. The lowest BCUT2D eigenvalue weighted by molar-refractivity contribution is 0.280. The fraction of sp³-hybridized carbons (Fsp3) is 0.357. The van der Waals surface area contributed by atoms with Crippen LogP contribution in [-0.2, 0) is 16.6 Å². The predicted molar refractivity (Wildman–Crippen MR) is 80.5 cm³/mol. The molecule has 0 aliphatic carbocycles. The van der Waals surface area contributed by atoms with E-state index in [0.29, 0.717) is 16.8 Å². The molecule has 0 aliphatic heterocycles. The van der Waals surface area contributed by atoms with Gasteiger partial charge in [0.05, 0.1) is 23.4 Å². The monoisotopic (exact) mass is 309 g/mol. The number of hydrogen-bond donors (Lipinski definition) is 2. The highest BCUT2D eigenvalue weighted by atomic mass is 32.2. The molecule has 0 radical (unpaired) electrons. The molecule has 2 rings (SSSR count). The largest absolute Gasteiger partial charge is 0.392 e. The Morgan fingerprint density at radius 1 is 1.38 bits per heavy atom. The van der Waals surface area contributed by atoms with Crippen LogP contribution in [0.5, 0.6) is 0 Å². The summed E-state index contributed by atoms with van der Waals surface area (Å²) in [5.74, 6) is 0. The second-order valence-corrected chi connectivity index (χ2v) is 6.76. The van der Waals surface area contributed by atoms with Crippen LogP contribution >= 0.6 is 0 Å². The van der Waals surface area contributed by atoms with Crippen molar-refractivity contribution in [3.8, 4) is 0 Å². The molecule has 0 unspecified atom stereocenters. The molecule has 2 aromatic rings. The van der Waals surface area contributed by atoms with E-state index in [-0.39, 0.29) is 17.5 Å². The first-order valence-electron chi connectivity index (χ1n) is 6.61. The Bertz CT molecular complexity index is 736. The third kappa shape index (κ3) is 3.25. The van der Waals surface area contributed by atoms with Gasteiger partial charge in [0.25, 0.3) is 10.0 Å². The molecule has 0 bridgehead atoms. The van der Waals surface area contributed by atoms with E-state index < -0.39 is 10.0 Å². The molecule has 0 fully saturated rings. The van der Waals surface area contributed by atoms with E-state index in [2.05, 4.69) is 9.82 Å². The van der Waals surface area contributed by atoms with Crippen LogP contribution in [0.2, 0.25) is 0 Å². The lowest BCUT2D eigenvalue weighted by Gasteiger charge is -2.11. The summed E-state index contributed by atoms with van der Waals surface area (Å²) >= 11 is 0. The number of anilines is 1. The standard InChI is InChI=1S/C14H19N3O3S/c1-10(2)17-8-13(7-15-17)16-21(19,20)14-6-4-5-12(9-18)11(14)3/h4-8,10,16,18H,9H2,1-3H3. The van der Waals surface area contributed by atoms with Gasteiger partial charge < -0.3 is 5.11 Å². The van der Waals surface area contributed by atoms with Crippen molar-refractivity contribution in [2.24, 2.45) is 0 Å². The van der Waals surface area contributed by atoms with Crippen molar-refractivity contribution >= 4 is 15.7 Å². The number of aliphatic hydroxyl groups is 1. The highest BCUT2D eigenvalue weighted by molar-refractivity contribution is 7.92. The second kappa shape index (κ2) is 5.87. The van der Waals surface area contributed by atoms with Crippen molar-refractivity contribution in [3.63, 3.8) is 0 Å². The van der Waals surface area contributed by atoms with Crippen molar-refractivity contribution in [2.75, 3.05) is 4.72 Å². The zero-order chi connectivity index (χ0) is 15.6. The summed E-state index contributed by atoms with van der Waals surface area (Å²) in [5, 5.41) is 13.3. The average molecular weight is 309 g/mol. The minimum atomic E-state index is -3.70. The van der Waals surface area contributed by atoms with Gasteiger partial charge in [-0.1, -0.05) is 12.1 Å². The molecule has 0 aliphatic rings. The van der Waals surface area contributed by atoms with Gasteiger partial charge in [0.15, 0.2) is 0 Å². The molecule has 0 amide bonds. The summed E-state index contributed by atoms with van der Waals surface area (Å²) in [7, 11) is -3.70. The summed E-state index contributed by atoms with van der Waals surface area (Å²) in [6, 6.07) is 4.99. The summed E-state index contributed by atoms with van der Waals surface area (Å²) in [4.78, 5) is 0.159. The lowest BCUT2D eigenvalue weighted by Crippen LogP contribution is -2.14. The number of aliphatic hydroxyl groups excluding tert-OH is 1. The molecule has 2 N–H and O–H groups in total. The fourth-order valence-corrected chi connectivity index (χ4v) is 3.32. The van der Waals surface area contributed by atoms with Crippen LogP contribution in [-0.4, -0.2) is 23.3 Å². The van der Waals surface area contributed by atoms with Crippen LogP contribution < -0.4 is 4.72 Å². The molecular weight excluding hydrogens is 290 g/mol. The molecule has 0 saturated carbocycles. The molecular formula is C14H19N3O3S. The van der Waals surface area contributed by atoms with Crippen molar-refractivity contribution in [1.29, 1.82) is 0 Å². The number of nitrogens with one attached hydrogen (secondary N) is 1. The van der Waals surface area contributed by atoms with Crippen molar-refractivity contribution in [1.82, 2.24) is 9.78 Å². The van der Waals surface area contributed by atoms with Gasteiger partial charge in [-0.15, -0.1) is 0 Å². The molecule has 1 aromatic carbocycles. The first kappa shape index (κ1) is 15.5. The molecule has 1 heterocycles. The molecule has 114 valence electrons. The molecule has 0 spiro atoms. The van der Waals surface area contributed by atoms with Gasteiger partial charge in [0, 0.05) is 12.2 Å². The highest BCUT2D eigenvalue weighted by Gasteiger charge is 2.19. The van der Waals surface area contributed by atoms with Crippen LogP contribution in [0.1, 0.15) is 31.0 Å². The van der Waals surface area contributed by atoms with E-state index >= 15 is 0 Å². The first-order chi connectivity index (χ1) is 9.85. The zero-order valence-corrected chi connectivity index (χ0v) is 13.1. The van der Waals surface area contributed by atoms with Crippen molar-refractivity contribution < 1.29 is 13.5 Å². The molecule has 21 heavy (non-hydrogen) atoms. The third-order valence-electron chi connectivity index (χ3n) is 3.24. The smallest absolute Gasteiger partial charge is 0.262 e. The summed E-state index contributed by atoms with van der Waals surface area (Å²) < 4.78 is 29.1. The number of rotatable bonds is 5. The van der Waals surface area contributed by atoms with Gasteiger partial charge in [0.2, 0.25) is 0 Å². The van der Waals surface area contributed by atoms with E-state index in [1.54, 1.807) is 29.9 Å². The number of sulfonamides is 1. The Kier molecular flexibility index (Phi) is 4.34. The maximum atomic E-state index is 12.4. The summed E-state index contributed by atoms with van der Waals surface area (Å²) in [6.07, 6.45) is 3.12. The van der Waals surface area contributed by atoms with Crippen molar-refractivity contribution in [2.45, 2.75) is 38.3 Å². The number of nitrogens with zero attached hydrogens (tertiary/aromatic N) is 2. The summed E-state index contributed by atoms with van der Waals surface area (Å²) in [6.45, 7) is 5.40. The lowest BCUT2D eigenvalue weighted by atomic mass is 10.1. The minimum Gasteiger partial charge on any atom is -0.392 e. The van der Waals surface area contributed by atoms with E-state index in [4.69, 9.17) is 0 Å². The van der Waals surface area contributed by atoms with Gasteiger partial charge in [-0.05, 0) is 38.0 Å². The molecule has 0 atom stereocenters. The molecule has 1 aromatic heterocycles. The first-order valence-corrected chi connectivity index (χ1v) is 8.10. The normalized spacial score (nSPS) is 11.9. The van der Waals surface area contributed by atoms with E-state index in [9.17, 15) is 13.5 Å². The average Bonchev–Trinajstić information content (AvgIpc) is 2.86. The van der Waals surface area contributed by atoms with Gasteiger partial charge >= 0.3 is 0 Å². The topological polar surface area (TPSA) is 84.2 Å². The van der Waals surface area contributed by atoms with Crippen LogP contribution in [0.25, 0.3) is 0 Å². The van der Waals surface area contributed by atoms with Crippen molar-refractivity contribution in [3.05, 3.63) is 41.7 Å². The number of aromatic nitrogens is 2. The van der Waals surface area contributed by atoms with Gasteiger partial charge in [-0.3, -0.25) is 9.40 Å². The fourth-order valence-electron chi connectivity index (χ4n) is 2.01. The maximum Gasteiger partial charge on any atom is 0.262 e. The maximum absolute atomic E-state index is 12.4. The molecule has 0 saturated heterocycles. The Hall–Kier alpha value is -1.86. The molecule has 7 heteroatoms. The van der Waals surface area contributed by atoms with Crippen LogP contribution in [0, 0.1) is 6.92 Å².